The average Bonchev–Trinajstić information content (AvgIpc) is 2.86. The summed E-state index contributed by atoms with van der Waals surface area (Å²) in [6.45, 7) is 2.10. The minimum Gasteiger partial charge on any atom is -0.369 e. The predicted molar refractivity (Wildman–Crippen MR) is 79.5 cm³/mol. The van der Waals surface area contributed by atoms with Crippen LogP contribution in [0.2, 0.25) is 0 Å². The fourth-order valence-electron chi connectivity index (χ4n) is 3.57. The fourth-order valence-corrected chi connectivity index (χ4v) is 4.18. The molecule has 2 fully saturated rings. The van der Waals surface area contributed by atoms with Gasteiger partial charge in [-0.15, -0.1) is 0 Å². The standard InChI is InChI=1S/C14H20BrN3O/c1-17-13(19)12(15)11(10-16-17)18-8-6-14(7-9-18)4-2-3-5-14/h10H,2-9H2,1H3. The predicted octanol–water partition coefficient (Wildman–Crippen LogP) is 2.70. The van der Waals surface area contributed by atoms with Gasteiger partial charge in [-0.05, 0) is 47.0 Å². The lowest BCUT2D eigenvalue weighted by atomic mass is 9.77. The van der Waals surface area contributed by atoms with Crippen LogP contribution in [0, 0.1) is 5.41 Å². The Morgan fingerprint density at radius 3 is 2.47 bits per heavy atom. The normalized spacial score (nSPS) is 22.1. The lowest BCUT2D eigenvalue weighted by Gasteiger charge is -2.40. The number of piperidine rings is 1. The first kappa shape index (κ1) is 13.2. The van der Waals surface area contributed by atoms with Crippen LogP contribution in [0.4, 0.5) is 5.69 Å². The van der Waals surface area contributed by atoms with Crippen LogP contribution < -0.4 is 10.5 Å². The van der Waals surface area contributed by atoms with Crippen molar-refractivity contribution < 1.29 is 0 Å². The molecular weight excluding hydrogens is 306 g/mol. The Hall–Kier alpha value is -0.840. The first-order valence-corrected chi connectivity index (χ1v) is 7.87. The number of aromatic nitrogens is 2. The van der Waals surface area contributed by atoms with Crippen LogP contribution in [0.3, 0.4) is 0 Å². The van der Waals surface area contributed by atoms with Gasteiger partial charge in [0.1, 0.15) is 4.47 Å². The molecule has 4 nitrogen and oxygen atoms in total. The molecule has 1 spiro atoms. The second kappa shape index (κ2) is 4.93. The molecule has 0 radical (unpaired) electrons. The molecule has 5 heteroatoms. The second-order valence-corrected chi connectivity index (χ2v) is 6.76. The Kier molecular flexibility index (Phi) is 3.41. The van der Waals surface area contributed by atoms with E-state index in [0.29, 0.717) is 9.89 Å². The zero-order valence-electron chi connectivity index (χ0n) is 11.4. The summed E-state index contributed by atoms with van der Waals surface area (Å²) in [4.78, 5) is 14.2. The van der Waals surface area contributed by atoms with Gasteiger partial charge in [0.05, 0.1) is 11.9 Å². The molecule has 0 bridgehead atoms. The summed E-state index contributed by atoms with van der Waals surface area (Å²) in [5.41, 5.74) is 1.51. The summed E-state index contributed by atoms with van der Waals surface area (Å²) in [7, 11) is 1.68. The van der Waals surface area contributed by atoms with Gasteiger partial charge in [-0.2, -0.15) is 5.10 Å². The molecule has 104 valence electrons. The molecule has 0 aromatic carbocycles. The molecule has 3 rings (SSSR count). The number of halogens is 1. The van der Waals surface area contributed by atoms with E-state index in [1.54, 1.807) is 13.2 Å². The van der Waals surface area contributed by atoms with Crippen LogP contribution in [0.15, 0.2) is 15.5 Å². The van der Waals surface area contributed by atoms with E-state index in [9.17, 15) is 4.79 Å². The van der Waals surface area contributed by atoms with Gasteiger partial charge in [0.2, 0.25) is 0 Å². The van der Waals surface area contributed by atoms with Crippen LogP contribution >= 0.6 is 15.9 Å². The number of anilines is 1. The van der Waals surface area contributed by atoms with E-state index in [1.807, 2.05) is 0 Å². The van der Waals surface area contributed by atoms with Crippen molar-refractivity contribution in [3.05, 3.63) is 21.0 Å². The maximum atomic E-state index is 11.9. The molecular formula is C14H20BrN3O. The van der Waals surface area contributed by atoms with Crippen LogP contribution in [0.1, 0.15) is 38.5 Å². The van der Waals surface area contributed by atoms with Crippen molar-refractivity contribution in [3.8, 4) is 0 Å². The molecule has 1 saturated heterocycles. The van der Waals surface area contributed by atoms with Gasteiger partial charge in [-0.25, -0.2) is 4.68 Å². The van der Waals surface area contributed by atoms with Crippen molar-refractivity contribution in [3.63, 3.8) is 0 Å². The van der Waals surface area contributed by atoms with E-state index >= 15 is 0 Å². The molecule has 1 aliphatic heterocycles. The van der Waals surface area contributed by atoms with Crippen LogP contribution in [-0.2, 0) is 7.05 Å². The SMILES string of the molecule is Cn1ncc(N2CCC3(CCCC3)CC2)c(Br)c1=O. The van der Waals surface area contributed by atoms with Gasteiger partial charge in [0.15, 0.2) is 0 Å². The zero-order chi connectivity index (χ0) is 13.5. The van der Waals surface area contributed by atoms with Crippen molar-refractivity contribution in [2.45, 2.75) is 38.5 Å². The fraction of sp³-hybridized carbons (Fsp3) is 0.714. The molecule has 0 amide bonds. The third kappa shape index (κ3) is 2.33. The number of hydrogen-bond donors (Lipinski definition) is 0. The minimum atomic E-state index is -0.0568. The highest BCUT2D eigenvalue weighted by atomic mass is 79.9. The molecule has 1 aromatic rings. The Morgan fingerprint density at radius 2 is 1.84 bits per heavy atom. The highest BCUT2D eigenvalue weighted by molar-refractivity contribution is 9.10. The maximum Gasteiger partial charge on any atom is 0.282 e. The van der Waals surface area contributed by atoms with Crippen LogP contribution in [0.25, 0.3) is 0 Å². The smallest absolute Gasteiger partial charge is 0.282 e. The number of nitrogens with zero attached hydrogens (tertiary/aromatic N) is 3. The Balaban J connectivity index is 1.78. The Morgan fingerprint density at radius 1 is 1.21 bits per heavy atom. The third-order valence-electron chi connectivity index (χ3n) is 4.89. The average molecular weight is 326 g/mol. The van der Waals surface area contributed by atoms with Gasteiger partial charge in [0, 0.05) is 20.1 Å². The molecule has 19 heavy (non-hydrogen) atoms. The lowest BCUT2D eigenvalue weighted by Crippen LogP contribution is -2.40. The second-order valence-electron chi connectivity index (χ2n) is 5.97. The summed E-state index contributed by atoms with van der Waals surface area (Å²) in [6.07, 6.45) is 9.92. The molecule has 1 saturated carbocycles. The van der Waals surface area contributed by atoms with Gasteiger partial charge in [-0.1, -0.05) is 12.8 Å². The van der Waals surface area contributed by atoms with Gasteiger partial charge >= 0.3 is 0 Å². The van der Waals surface area contributed by atoms with Gasteiger partial charge in [-0.3, -0.25) is 4.79 Å². The largest absolute Gasteiger partial charge is 0.369 e. The number of hydrogen-bond acceptors (Lipinski definition) is 3. The summed E-state index contributed by atoms with van der Waals surface area (Å²) in [5.74, 6) is 0. The van der Waals surface area contributed by atoms with E-state index in [1.165, 1.54) is 43.2 Å². The van der Waals surface area contributed by atoms with Crippen molar-refractivity contribution in [1.82, 2.24) is 9.78 Å². The molecule has 0 atom stereocenters. The topological polar surface area (TPSA) is 38.1 Å². The molecule has 1 aromatic heterocycles. The summed E-state index contributed by atoms with van der Waals surface area (Å²) >= 11 is 3.43. The minimum absolute atomic E-state index is 0.0568. The summed E-state index contributed by atoms with van der Waals surface area (Å²) in [6, 6.07) is 0. The third-order valence-corrected chi connectivity index (χ3v) is 5.63. The van der Waals surface area contributed by atoms with E-state index in [4.69, 9.17) is 0 Å². The van der Waals surface area contributed by atoms with Crippen molar-refractivity contribution in [2.75, 3.05) is 18.0 Å². The first-order chi connectivity index (χ1) is 9.11. The van der Waals surface area contributed by atoms with Crippen molar-refractivity contribution in [2.24, 2.45) is 12.5 Å². The molecule has 1 aliphatic carbocycles. The van der Waals surface area contributed by atoms with Gasteiger partial charge < -0.3 is 4.90 Å². The van der Waals surface area contributed by atoms with Crippen LogP contribution in [-0.4, -0.2) is 22.9 Å². The van der Waals surface area contributed by atoms with Crippen molar-refractivity contribution in [1.29, 1.82) is 0 Å². The molecule has 2 aliphatic rings. The van der Waals surface area contributed by atoms with Gasteiger partial charge in [0.25, 0.3) is 5.56 Å². The Labute approximate surface area is 121 Å². The van der Waals surface area contributed by atoms with E-state index in [0.717, 1.165) is 18.8 Å². The van der Waals surface area contributed by atoms with E-state index in [2.05, 4.69) is 25.9 Å². The van der Waals surface area contributed by atoms with Crippen LogP contribution in [0.5, 0.6) is 0 Å². The monoisotopic (exact) mass is 325 g/mol. The van der Waals surface area contributed by atoms with Crippen molar-refractivity contribution >= 4 is 21.6 Å². The quantitative estimate of drug-likeness (QED) is 0.796. The number of aryl methyl sites for hydroxylation is 1. The molecule has 0 unspecified atom stereocenters. The highest BCUT2D eigenvalue weighted by Crippen LogP contribution is 2.46. The Bertz CT molecular complexity index is 524. The first-order valence-electron chi connectivity index (χ1n) is 7.08. The maximum absolute atomic E-state index is 11.9. The molecule has 2 heterocycles. The zero-order valence-corrected chi connectivity index (χ0v) is 12.9. The van der Waals surface area contributed by atoms with E-state index in [-0.39, 0.29) is 5.56 Å². The van der Waals surface area contributed by atoms with E-state index < -0.39 is 0 Å². The highest BCUT2D eigenvalue weighted by Gasteiger charge is 2.37. The number of rotatable bonds is 1. The molecule has 0 N–H and O–H groups in total. The summed E-state index contributed by atoms with van der Waals surface area (Å²) < 4.78 is 2.02. The summed E-state index contributed by atoms with van der Waals surface area (Å²) in [5, 5.41) is 4.14. The lowest BCUT2D eigenvalue weighted by molar-refractivity contribution is 0.226.